The van der Waals surface area contributed by atoms with Crippen molar-refractivity contribution in [2.45, 2.75) is 70.4 Å². The Morgan fingerprint density at radius 3 is 2.80 bits per heavy atom. The molecule has 2 heterocycles. The summed E-state index contributed by atoms with van der Waals surface area (Å²) >= 11 is 0. The summed E-state index contributed by atoms with van der Waals surface area (Å²) < 4.78 is 11.6. The van der Waals surface area contributed by atoms with E-state index in [9.17, 15) is 0 Å². The third-order valence-corrected chi connectivity index (χ3v) is 5.26. The van der Waals surface area contributed by atoms with Crippen LogP contribution in [0.1, 0.15) is 58.8 Å². The molecule has 20 heavy (non-hydrogen) atoms. The average molecular weight is 284 g/mol. The molecule has 2 saturated heterocycles. The number of hydrogen-bond donors (Lipinski definition) is 2. The van der Waals surface area contributed by atoms with Crippen LogP contribution in [-0.2, 0) is 9.47 Å². The third-order valence-electron chi connectivity index (χ3n) is 5.26. The van der Waals surface area contributed by atoms with Gasteiger partial charge in [0.15, 0.2) is 0 Å². The number of ether oxygens (including phenoxy) is 2. The Morgan fingerprint density at radius 2 is 2.20 bits per heavy atom. The molecule has 4 atom stereocenters. The lowest BCUT2D eigenvalue weighted by atomic mass is 9.75. The fourth-order valence-corrected chi connectivity index (χ4v) is 4.00. The molecule has 2 aliphatic rings. The van der Waals surface area contributed by atoms with Crippen LogP contribution in [0.3, 0.4) is 0 Å². The summed E-state index contributed by atoms with van der Waals surface area (Å²) in [7, 11) is 0. The minimum absolute atomic E-state index is 0.0128. The first-order valence-corrected chi connectivity index (χ1v) is 8.42. The zero-order chi connectivity index (χ0) is 14.4. The fraction of sp³-hybridized carbons (Fsp3) is 1.00. The first-order chi connectivity index (χ1) is 9.74. The van der Waals surface area contributed by atoms with Crippen LogP contribution in [0.2, 0.25) is 0 Å². The maximum atomic E-state index is 6.05. The minimum atomic E-state index is -0.0128. The summed E-state index contributed by atoms with van der Waals surface area (Å²) in [5, 5.41) is 0. The van der Waals surface area contributed by atoms with Gasteiger partial charge in [-0.05, 0) is 31.1 Å². The molecule has 3 N–H and O–H groups in total. The molecule has 0 amide bonds. The molecular formula is C16H32N2O2. The van der Waals surface area contributed by atoms with E-state index < -0.39 is 0 Å². The van der Waals surface area contributed by atoms with E-state index in [0.717, 1.165) is 39.1 Å². The third kappa shape index (κ3) is 3.73. The van der Waals surface area contributed by atoms with Crippen LogP contribution in [0.15, 0.2) is 0 Å². The van der Waals surface area contributed by atoms with E-state index >= 15 is 0 Å². The summed E-state index contributed by atoms with van der Waals surface area (Å²) in [5.74, 6) is 7.22. The SMILES string of the molecule is CCCCC(CC)C(NN)C1CCOC2(CCOC2)C1. The van der Waals surface area contributed by atoms with Crippen molar-refractivity contribution < 1.29 is 9.47 Å². The molecule has 0 aromatic carbocycles. The number of nitrogens with two attached hydrogens (primary N) is 1. The van der Waals surface area contributed by atoms with Crippen molar-refractivity contribution >= 4 is 0 Å². The molecule has 0 aromatic rings. The highest BCUT2D eigenvalue weighted by molar-refractivity contribution is 4.94. The second-order valence-corrected chi connectivity index (χ2v) is 6.59. The Bertz CT molecular complexity index is 280. The van der Waals surface area contributed by atoms with Crippen molar-refractivity contribution in [2.75, 3.05) is 19.8 Å². The van der Waals surface area contributed by atoms with Crippen molar-refractivity contribution in [3.8, 4) is 0 Å². The van der Waals surface area contributed by atoms with E-state index in [1.165, 1.54) is 25.7 Å². The van der Waals surface area contributed by atoms with Crippen molar-refractivity contribution in [3.63, 3.8) is 0 Å². The van der Waals surface area contributed by atoms with Crippen molar-refractivity contribution in [1.29, 1.82) is 0 Å². The lowest BCUT2D eigenvalue weighted by Gasteiger charge is -2.42. The summed E-state index contributed by atoms with van der Waals surface area (Å²) in [5.41, 5.74) is 3.13. The van der Waals surface area contributed by atoms with Crippen LogP contribution < -0.4 is 11.3 Å². The van der Waals surface area contributed by atoms with E-state index in [1.807, 2.05) is 0 Å². The Labute approximate surface area is 123 Å². The first-order valence-electron chi connectivity index (χ1n) is 8.42. The van der Waals surface area contributed by atoms with Gasteiger partial charge in [0.2, 0.25) is 0 Å². The standard InChI is InChI=1S/C16H32N2O2/c1-3-5-6-13(4-2)15(18-17)14-7-9-20-16(11-14)8-10-19-12-16/h13-15,18H,3-12,17H2,1-2H3. The van der Waals surface area contributed by atoms with Gasteiger partial charge in [-0.2, -0.15) is 0 Å². The molecule has 118 valence electrons. The molecule has 0 radical (unpaired) electrons. The first kappa shape index (κ1) is 16.2. The topological polar surface area (TPSA) is 56.5 Å². The Balaban J connectivity index is 1.98. The van der Waals surface area contributed by atoms with Gasteiger partial charge < -0.3 is 9.47 Å². The quantitative estimate of drug-likeness (QED) is 0.557. The highest BCUT2D eigenvalue weighted by atomic mass is 16.6. The van der Waals surface area contributed by atoms with Crippen LogP contribution in [0, 0.1) is 11.8 Å². The van der Waals surface area contributed by atoms with Crippen LogP contribution in [0.5, 0.6) is 0 Å². The molecule has 0 bridgehead atoms. The molecule has 0 aromatic heterocycles. The molecule has 2 rings (SSSR count). The smallest absolute Gasteiger partial charge is 0.0939 e. The molecule has 0 aliphatic carbocycles. The lowest BCUT2D eigenvalue weighted by Crippen LogP contribution is -2.52. The highest BCUT2D eigenvalue weighted by Crippen LogP contribution is 2.39. The van der Waals surface area contributed by atoms with Crippen LogP contribution >= 0.6 is 0 Å². The molecule has 1 spiro atoms. The van der Waals surface area contributed by atoms with Crippen molar-refractivity contribution in [1.82, 2.24) is 5.43 Å². The highest BCUT2D eigenvalue weighted by Gasteiger charge is 2.43. The molecule has 4 heteroatoms. The summed E-state index contributed by atoms with van der Waals surface area (Å²) in [4.78, 5) is 0. The number of unbranched alkanes of at least 4 members (excludes halogenated alkanes) is 1. The van der Waals surface area contributed by atoms with Gasteiger partial charge in [-0.1, -0.05) is 33.1 Å². The summed E-state index contributed by atoms with van der Waals surface area (Å²) in [6, 6.07) is 0.424. The zero-order valence-electron chi connectivity index (χ0n) is 13.2. The summed E-state index contributed by atoms with van der Waals surface area (Å²) in [6.07, 6.45) is 8.32. The molecule has 2 aliphatic heterocycles. The van der Waals surface area contributed by atoms with E-state index in [2.05, 4.69) is 19.3 Å². The van der Waals surface area contributed by atoms with Gasteiger partial charge >= 0.3 is 0 Å². The molecule has 0 saturated carbocycles. The number of hydrazine groups is 1. The van der Waals surface area contributed by atoms with Crippen LogP contribution in [-0.4, -0.2) is 31.5 Å². The van der Waals surface area contributed by atoms with E-state index in [4.69, 9.17) is 15.3 Å². The largest absolute Gasteiger partial charge is 0.378 e. The van der Waals surface area contributed by atoms with Gasteiger partial charge in [-0.3, -0.25) is 11.3 Å². The van der Waals surface area contributed by atoms with Gasteiger partial charge in [-0.25, -0.2) is 0 Å². The maximum Gasteiger partial charge on any atom is 0.0939 e. The van der Waals surface area contributed by atoms with Gasteiger partial charge in [0.25, 0.3) is 0 Å². The van der Waals surface area contributed by atoms with E-state index in [-0.39, 0.29) is 5.60 Å². The second kappa shape index (κ2) is 7.74. The Hall–Kier alpha value is -0.160. The predicted octanol–water partition coefficient (Wildman–Crippen LogP) is 2.62. The van der Waals surface area contributed by atoms with Gasteiger partial charge in [0, 0.05) is 25.7 Å². The Morgan fingerprint density at radius 1 is 1.35 bits per heavy atom. The number of rotatable bonds is 7. The van der Waals surface area contributed by atoms with Crippen molar-refractivity contribution in [3.05, 3.63) is 0 Å². The Kier molecular flexibility index (Phi) is 6.27. The van der Waals surface area contributed by atoms with Gasteiger partial charge in [0.1, 0.15) is 0 Å². The fourth-order valence-electron chi connectivity index (χ4n) is 4.00. The van der Waals surface area contributed by atoms with Crippen molar-refractivity contribution in [2.24, 2.45) is 17.7 Å². The molecule has 4 nitrogen and oxygen atoms in total. The molecule has 2 fully saturated rings. The second-order valence-electron chi connectivity index (χ2n) is 6.59. The maximum absolute atomic E-state index is 6.05. The van der Waals surface area contributed by atoms with Crippen LogP contribution in [0.25, 0.3) is 0 Å². The zero-order valence-corrected chi connectivity index (χ0v) is 13.2. The van der Waals surface area contributed by atoms with E-state index in [0.29, 0.717) is 17.9 Å². The van der Waals surface area contributed by atoms with Gasteiger partial charge in [-0.15, -0.1) is 0 Å². The summed E-state index contributed by atoms with van der Waals surface area (Å²) in [6.45, 7) is 7.03. The van der Waals surface area contributed by atoms with E-state index in [1.54, 1.807) is 0 Å². The molecular weight excluding hydrogens is 252 g/mol. The molecule has 4 unspecified atom stereocenters. The normalized spacial score (nSPS) is 33.5. The lowest BCUT2D eigenvalue weighted by molar-refractivity contribution is -0.106. The van der Waals surface area contributed by atoms with Crippen LogP contribution in [0.4, 0.5) is 0 Å². The average Bonchev–Trinajstić information content (AvgIpc) is 2.91. The number of nitrogens with one attached hydrogen (secondary N) is 1. The number of hydrogen-bond acceptors (Lipinski definition) is 4. The minimum Gasteiger partial charge on any atom is -0.378 e. The predicted molar refractivity (Wildman–Crippen MR) is 81.3 cm³/mol. The van der Waals surface area contributed by atoms with Gasteiger partial charge in [0.05, 0.1) is 12.2 Å². The monoisotopic (exact) mass is 284 g/mol.